The molecule has 0 atom stereocenters. The lowest BCUT2D eigenvalue weighted by Gasteiger charge is -2.41. The fraction of sp³-hybridized carbons (Fsp3) is 0.0714. The summed E-state index contributed by atoms with van der Waals surface area (Å²) in [6.07, 6.45) is 0. The van der Waals surface area contributed by atoms with Crippen LogP contribution in [0.3, 0.4) is 0 Å². The maximum absolute atomic E-state index is 9.37. The Balaban J connectivity index is 0.000000136. The summed E-state index contributed by atoms with van der Waals surface area (Å²) >= 11 is 3.55. The van der Waals surface area contributed by atoms with Crippen molar-refractivity contribution in [3.8, 4) is 137 Å². The molecule has 0 saturated carbocycles. The molecule has 605 valence electrons. The molecule has 16 aromatic carbocycles. The molecule has 0 bridgehead atoms. The lowest BCUT2D eigenvalue weighted by atomic mass is 9.63. The van der Waals surface area contributed by atoms with Crippen molar-refractivity contribution in [2.45, 2.75) is 49.7 Å². The van der Waals surface area contributed by atoms with Crippen LogP contribution in [0.1, 0.15) is 83.3 Å². The normalized spacial score (nSPS) is 13.6. The molecule has 0 N–H and O–H groups in total. The molecule has 12 nitrogen and oxygen atoms in total. The molecule has 2 aromatic heterocycles. The molecule has 5 heterocycles. The van der Waals surface area contributed by atoms with Crippen LogP contribution in [0.4, 0.5) is 0 Å². The average Bonchev–Trinajstić information content (AvgIpc) is 0.840. The third kappa shape index (κ3) is 16.2. The second-order valence-electron chi connectivity index (χ2n) is 32.2. The molecule has 3 aliphatic heterocycles. The SMILES string of the molecule is CC1(C)OB(c2ccc3c(c2)Oc2ccccc2C3(c2ccccc2)c2ccccc2)OC1(C)C.N#Cc1ccc(-c2nc(-c3ccccc3)nc(-c3cccc(-c4cccc(-c5ccc6c(c5)Oc5ccccc5C6(c5ccccc5)c5ccccc5)c4)c3)n2)cc1.N#Cc1ccc(-c2nc(-c3ccccc3)nc(-c3cccc(-c4cccc(Br)c4)c3)n2)cc1.[B]. The maximum atomic E-state index is 9.37. The Bertz CT molecular complexity index is 7050. The first kappa shape index (κ1) is 82.6. The summed E-state index contributed by atoms with van der Waals surface area (Å²) in [6.45, 7) is 8.31. The van der Waals surface area contributed by atoms with Gasteiger partial charge in [0.25, 0.3) is 0 Å². The van der Waals surface area contributed by atoms with Crippen LogP contribution in [-0.2, 0) is 20.1 Å². The maximum Gasteiger partial charge on any atom is 0.494 e. The van der Waals surface area contributed by atoms with Gasteiger partial charge in [-0.15, -0.1) is 0 Å². The van der Waals surface area contributed by atoms with Gasteiger partial charge in [0, 0.05) is 68.5 Å². The number of rotatable bonds is 14. The first-order valence-corrected chi connectivity index (χ1v) is 42.6. The Kier molecular flexibility index (Phi) is 23.1. The van der Waals surface area contributed by atoms with Crippen LogP contribution in [-0.4, -0.2) is 56.6 Å². The summed E-state index contributed by atoms with van der Waals surface area (Å²) in [5, 5.41) is 18.5. The van der Waals surface area contributed by atoms with Gasteiger partial charge >= 0.3 is 7.12 Å². The first-order chi connectivity index (χ1) is 61.7. The largest absolute Gasteiger partial charge is 0.494 e. The fourth-order valence-corrected chi connectivity index (χ4v) is 17.5. The zero-order valence-electron chi connectivity index (χ0n) is 70.0. The minimum absolute atomic E-state index is 0. The lowest BCUT2D eigenvalue weighted by molar-refractivity contribution is 0.00578. The molecule has 1 saturated heterocycles. The molecule has 0 spiro atoms. The van der Waals surface area contributed by atoms with E-state index in [-0.39, 0.29) is 8.41 Å². The van der Waals surface area contributed by atoms with Crippen LogP contribution < -0.4 is 14.9 Å². The van der Waals surface area contributed by atoms with E-state index in [1.54, 1.807) is 24.3 Å². The summed E-state index contributed by atoms with van der Waals surface area (Å²) in [7, 11) is -0.450. The van der Waals surface area contributed by atoms with E-state index >= 15 is 0 Å². The van der Waals surface area contributed by atoms with Crippen LogP contribution in [0, 0.1) is 22.7 Å². The molecule has 21 rings (SSSR count). The number of nitriles is 2. The van der Waals surface area contributed by atoms with Gasteiger partial charge in [0.15, 0.2) is 34.9 Å². The van der Waals surface area contributed by atoms with Gasteiger partial charge in [-0.25, -0.2) is 29.9 Å². The van der Waals surface area contributed by atoms with Crippen molar-refractivity contribution in [2.24, 2.45) is 0 Å². The van der Waals surface area contributed by atoms with Crippen molar-refractivity contribution >= 4 is 36.9 Å². The number of nitrogens with zero attached hydrogens (tertiary/aromatic N) is 8. The number of benzene rings is 16. The van der Waals surface area contributed by atoms with E-state index in [1.165, 1.54) is 22.3 Å². The number of hydrogen-bond donors (Lipinski definition) is 0. The summed E-state index contributed by atoms with van der Waals surface area (Å²) in [6, 6.07) is 145. The predicted octanol–water partition coefficient (Wildman–Crippen LogP) is 25.8. The zero-order chi connectivity index (χ0) is 85.8. The number of para-hydroxylation sites is 2. The van der Waals surface area contributed by atoms with Gasteiger partial charge in [0.1, 0.15) is 23.0 Å². The van der Waals surface area contributed by atoms with Gasteiger partial charge in [-0.2, -0.15) is 10.5 Å². The molecule has 3 aliphatic rings. The van der Waals surface area contributed by atoms with Crippen molar-refractivity contribution < 1.29 is 18.8 Å². The minimum atomic E-state index is -0.567. The van der Waals surface area contributed by atoms with Crippen molar-refractivity contribution in [1.29, 1.82) is 10.5 Å². The number of hydrogen-bond acceptors (Lipinski definition) is 12. The third-order valence-electron chi connectivity index (χ3n) is 24.0. The third-order valence-corrected chi connectivity index (χ3v) is 24.5. The molecule has 3 radical (unpaired) electrons. The Morgan fingerprint density at radius 2 is 0.520 bits per heavy atom. The summed E-state index contributed by atoms with van der Waals surface area (Å²) in [4.78, 5) is 29.1. The molecular weight excluding hydrogens is 1620 g/mol. The molecule has 1 fully saturated rings. The highest BCUT2D eigenvalue weighted by Gasteiger charge is 2.53. The number of fused-ring (bicyclic) bond motifs is 4. The van der Waals surface area contributed by atoms with Crippen molar-refractivity contribution in [3.63, 3.8) is 0 Å². The van der Waals surface area contributed by atoms with Crippen LogP contribution in [0.15, 0.2) is 417 Å². The van der Waals surface area contributed by atoms with Gasteiger partial charge in [-0.3, -0.25) is 0 Å². The van der Waals surface area contributed by atoms with E-state index in [9.17, 15) is 5.26 Å². The van der Waals surface area contributed by atoms with Crippen molar-refractivity contribution in [1.82, 2.24) is 29.9 Å². The number of halogens is 1. The monoisotopic (exact) mass is 1700 g/mol. The Morgan fingerprint density at radius 3 is 0.890 bits per heavy atom. The molecule has 18 aromatic rings. The Hall–Kier alpha value is -15.4. The van der Waals surface area contributed by atoms with E-state index in [0.29, 0.717) is 46.1 Å². The summed E-state index contributed by atoms with van der Waals surface area (Å²) in [5.41, 5.74) is 21.1. The van der Waals surface area contributed by atoms with Gasteiger partial charge in [0.2, 0.25) is 0 Å². The summed E-state index contributed by atoms with van der Waals surface area (Å²) in [5.74, 6) is 6.82. The van der Waals surface area contributed by atoms with Crippen LogP contribution in [0.2, 0.25) is 0 Å². The predicted molar refractivity (Wildman–Crippen MR) is 510 cm³/mol. The highest BCUT2D eigenvalue weighted by Crippen LogP contribution is 2.58. The minimum Gasteiger partial charge on any atom is -0.457 e. The van der Waals surface area contributed by atoms with Crippen LogP contribution >= 0.6 is 15.9 Å². The van der Waals surface area contributed by atoms with Gasteiger partial charge in [-0.1, -0.05) is 325 Å². The van der Waals surface area contributed by atoms with Crippen molar-refractivity contribution in [3.05, 3.63) is 473 Å². The summed E-state index contributed by atoms with van der Waals surface area (Å²) < 4.78 is 27.1. The highest BCUT2D eigenvalue weighted by molar-refractivity contribution is 9.10. The van der Waals surface area contributed by atoms with Crippen molar-refractivity contribution in [2.75, 3.05) is 0 Å². The lowest BCUT2D eigenvalue weighted by Crippen LogP contribution is -2.41. The van der Waals surface area contributed by atoms with Crippen LogP contribution in [0.5, 0.6) is 23.0 Å². The molecular formula is C112H80B2BrN8O4. The van der Waals surface area contributed by atoms with Gasteiger partial charge in [0.05, 0.1) is 45.3 Å². The molecule has 0 aliphatic carbocycles. The molecule has 127 heavy (non-hydrogen) atoms. The van der Waals surface area contributed by atoms with Crippen LogP contribution in [0.25, 0.3) is 102 Å². The number of ether oxygens (including phenoxy) is 2. The smallest absolute Gasteiger partial charge is 0.457 e. The Morgan fingerprint density at radius 1 is 0.252 bits per heavy atom. The van der Waals surface area contributed by atoms with Gasteiger partial charge < -0.3 is 18.8 Å². The molecule has 15 heteroatoms. The van der Waals surface area contributed by atoms with Gasteiger partial charge in [-0.05, 0) is 192 Å². The van der Waals surface area contributed by atoms with E-state index in [1.807, 2.05) is 133 Å². The fourth-order valence-electron chi connectivity index (χ4n) is 17.1. The quantitative estimate of drug-likeness (QED) is 0.0949. The highest BCUT2D eigenvalue weighted by atomic mass is 79.9. The topological polar surface area (TPSA) is 162 Å². The zero-order valence-corrected chi connectivity index (χ0v) is 71.6. The number of aromatic nitrogens is 6. The molecule has 0 unspecified atom stereocenters. The standard InChI is InChI=1S/C53H34N4O.C31H29BO3.C28H17BrN4.B/c54-35-36-26-28-38(29-27-36)51-55-50(37-14-4-1-5-15-37)56-52(57-51)43-19-13-18-41(33-43)39-16-12-17-40(32-39)42-30-31-47-49(34-42)58-48-25-11-10-24-46(48)53(47,44-20-6-2-7-21-44)45-22-8-3-9-23-45;1-29(2)30(3,4)35-32(34-29)24-19-20-26-28(21-24)33-27-18-12-11-17-25(27)31(26,22-13-7-5-8-14-22)23-15-9-6-10-16-23;29-25-11-5-9-23(17-25)22-8-4-10-24(16-22)28-32-26(20-6-2-1-3-7-20)31-27(33-28)21-14-12-19(18-30)13-15-21;/h1-34H;5-21H,1-4H3;1-17H;. The Labute approximate surface area is 750 Å². The van der Waals surface area contributed by atoms with E-state index in [4.69, 9.17) is 53.9 Å². The second kappa shape index (κ2) is 35.5. The average molecular weight is 1700 g/mol. The van der Waals surface area contributed by atoms with E-state index < -0.39 is 29.2 Å². The van der Waals surface area contributed by atoms with E-state index in [2.05, 4.69) is 311 Å². The molecule has 0 amide bonds. The van der Waals surface area contributed by atoms with E-state index in [0.717, 1.165) is 122 Å². The second-order valence-corrected chi connectivity index (χ2v) is 33.1. The first-order valence-electron chi connectivity index (χ1n) is 41.8.